The van der Waals surface area contributed by atoms with Crippen LogP contribution in [0.4, 0.5) is 5.82 Å². The number of piperazine rings is 1. The van der Waals surface area contributed by atoms with Gasteiger partial charge in [0.05, 0.1) is 6.26 Å². The standard InChI is InChI=1S/C18H23N5O3/c1-3-13(2)21-17(24)14-11-16(20-12-19-14)22-6-8-23(9-7-22)18(25)15-5-4-10-26-15/h4-5,10-13H,3,6-9H2,1-2H3,(H,21,24). The maximum Gasteiger partial charge on any atom is 0.289 e. The van der Waals surface area contributed by atoms with Crippen LogP contribution in [-0.4, -0.2) is 58.9 Å². The first-order valence-electron chi connectivity index (χ1n) is 8.79. The summed E-state index contributed by atoms with van der Waals surface area (Å²) in [6.07, 6.45) is 3.76. The highest BCUT2D eigenvalue weighted by Crippen LogP contribution is 2.16. The number of carbonyl (C=O) groups excluding carboxylic acids is 2. The van der Waals surface area contributed by atoms with Gasteiger partial charge >= 0.3 is 0 Å². The fourth-order valence-electron chi connectivity index (χ4n) is 2.74. The van der Waals surface area contributed by atoms with E-state index in [1.54, 1.807) is 23.1 Å². The number of amides is 2. The number of hydrogen-bond acceptors (Lipinski definition) is 6. The van der Waals surface area contributed by atoms with Gasteiger partial charge in [0, 0.05) is 38.3 Å². The molecule has 1 N–H and O–H groups in total. The van der Waals surface area contributed by atoms with E-state index < -0.39 is 0 Å². The second-order valence-corrected chi connectivity index (χ2v) is 6.30. The molecule has 2 aromatic rings. The summed E-state index contributed by atoms with van der Waals surface area (Å²) in [7, 11) is 0. The normalized spacial score (nSPS) is 15.6. The molecule has 8 nitrogen and oxygen atoms in total. The molecule has 1 aliphatic rings. The van der Waals surface area contributed by atoms with E-state index in [1.807, 2.05) is 18.7 Å². The zero-order valence-corrected chi connectivity index (χ0v) is 15.0. The molecule has 0 spiro atoms. The number of aromatic nitrogens is 2. The molecule has 8 heteroatoms. The van der Waals surface area contributed by atoms with Crippen molar-refractivity contribution in [2.45, 2.75) is 26.3 Å². The Bertz CT molecular complexity index is 754. The highest BCUT2D eigenvalue weighted by atomic mass is 16.3. The smallest absolute Gasteiger partial charge is 0.289 e. The van der Waals surface area contributed by atoms with E-state index >= 15 is 0 Å². The highest BCUT2D eigenvalue weighted by molar-refractivity contribution is 5.93. The average molecular weight is 357 g/mol. The molecule has 0 aliphatic carbocycles. The molecule has 3 heterocycles. The van der Waals surface area contributed by atoms with Crippen LogP contribution >= 0.6 is 0 Å². The van der Waals surface area contributed by atoms with Gasteiger partial charge in [0.2, 0.25) is 0 Å². The lowest BCUT2D eigenvalue weighted by Gasteiger charge is -2.35. The molecule has 3 rings (SSSR count). The summed E-state index contributed by atoms with van der Waals surface area (Å²) in [6, 6.07) is 5.16. The molecule has 0 aromatic carbocycles. The van der Waals surface area contributed by atoms with E-state index in [0.29, 0.717) is 43.5 Å². The molecule has 0 saturated carbocycles. The molecule has 2 aromatic heterocycles. The minimum absolute atomic E-state index is 0.0945. The fourth-order valence-corrected chi connectivity index (χ4v) is 2.74. The van der Waals surface area contributed by atoms with E-state index in [9.17, 15) is 9.59 Å². The van der Waals surface area contributed by atoms with Crippen LogP contribution in [0.25, 0.3) is 0 Å². The van der Waals surface area contributed by atoms with Gasteiger partial charge in [0.25, 0.3) is 11.8 Å². The molecule has 1 unspecified atom stereocenters. The lowest BCUT2D eigenvalue weighted by molar-refractivity contribution is 0.0714. The lowest BCUT2D eigenvalue weighted by Crippen LogP contribution is -2.49. The van der Waals surface area contributed by atoms with Crippen molar-refractivity contribution in [3.05, 3.63) is 42.2 Å². The minimum atomic E-state index is -0.199. The largest absolute Gasteiger partial charge is 0.459 e. The van der Waals surface area contributed by atoms with E-state index in [0.717, 1.165) is 6.42 Å². The molecule has 2 amide bonds. The minimum Gasteiger partial charge on any atom is -0.459 e. The molecular weight excluding hydrogens is 334 g/mol. The zero-order chi connectivity index (χ0) is 18.5. The first-order chi connectivity index (χ1) is 12.6. The van der Waals surface area contributed by atoms with Crippen LogP contribution in [0.2, 0.25) is 0 Å². The van der Waals surface area contributed by atoms with Crippen LogP contribution in [0, 0.1) is 0 Å². The number of nitrogens with one attached hydrogen (secondary N) is 1. The number of furan rings is 1. The summed E-state index contributed by atoms with van der Waals surface area (Å²) >= 11 is 0. The topological polar surface area (TPSA) is 91.6 Å². The van der Waals surface area contributed by atoms with Crippen molar-refractivity contribution in [3.8, 4) is 0 Å². The van der Waals surface area contributed by atoms with Gasteiger partial charge in [-0.3, -0.25) is 9.59 Å². The maximum atomic E-state index is 12.3. The third-order valence-corrected chi connectivity index (χ3v) is 4.50. The van der Waals surface area contributed by atoms with Crippen LogP contribution in [0.1, 0.15) is 41.3 Å². The van der Waals surface area contributed by atoms with Gasteiger partial charge in [-0.2, -0.15) is 0 Å². The van der Waals surface area contributed by atoms with E-state index in [1.165, 1.54) is 12.6 Å². The monoisotopic (exact) mass is 357 g/mol. The second kappa shape index (κ2) is 7.99. The first-order valence-corrected chi connectivity index (χ1v) is 8.79. The number of anilines is 1. The van der Waals surface area contributed by atoms with Gasteiger partial charge < -0.3 is 19.5 Å². The summed E-state index contributed by atoms with van der Waals surface area (Å²) < 4.78 is 5.17. The van der Waals surface area contributed by atoms with Crippen molar-refractivity contribution in [2.24, 2.45) is 0 Å². The van der Waals surface area contributed by atoms with Gasteiger partial charge in [0.1, 0.15) is 17.8 Å². The Morgan fingerprint density at radius 3 is 2.69 bits per heavy atom. The second-order valence-electron chi connectivity index (χ2n) is 6.30. The van der Waals surface area contributed by atoms with Crippen molar-refractivity contribution in [1.82, 2.24) is 20.2 Å². The molecule has 1 aliphatic heterocycles. The molecule has 1 atom stereocenters. The molecule has 1 fully saturated rings. The molecule has 0 radical (unpaired) electrons. The van der Waals surface area contributed by atoms with Gasteiger partial charge in [-0.05, 0) is 25.5 Å². The Morgan fingerprint density at radius 2 is 2.04 bits per heavy atom. The molecule has 138 valence electrons. The molecular formula is C18H23N5O3. The van der Waals surface area contributed by atoms with Crippen LogP contribution in [0.15, 0.2) is 35.2 Å². The number of carbonyl (C=O) groups is 2. The maximum absolute atomic E-state index is 12.3. The highest BCUT2D eigenvalue weighted by Gasteiger charge is 2.24. The van der Waals surface area contributed by atoms with Gasteiger partial charge in [-0.15, -0.1) is 0 Å². The predicted octanol–water partition coefficient (Wildman–Crippen LogP) is 1.56. The molecule has 26 heavy (non-hydrogen) atoms. The van der Waals surface area contributed by atoms with E-state index in [-0.39, 0.29) is 17.9 Å². The van der Waals surface area contributed by atoms with Gasteiger partial charge in [-0.25, -0.2) is 9.97 Å². The van der Waals surface area contributed by atoms with Crippen LogP contribution in [0.5, 0.6) is 0 Å². The molecule has 1 saturated heterocycles. The summed E-state index contributed by atoms with van der Waals surface area (Å²) in [5, 5.41) is 2.90. The van der Waals surface area contributed by atoms with Crippen LogP contribution < -0.4 is 10.2 Å². The first kappa shape index (κ1) is 17.9. The summed E-state index contributed by atoms with van der Waals surface area (Å²) in [5.41, 5.74) is 0.351. The number of hydrogen-bond donors (Lipinski definition) is 1. The van der Waals surface area contributed by atoms with Crippen LogP contribution in [-0.2, 0) is 0 Å². The third-order valence-electron chi connectivity index (χ3n) is 4.50. The van der Waals surface area contributed by atoms with Crippen LogP contribution in [0.3, 0.4) is 0 Å². The summed E-state index contributed by atoms with van der Waals surface area (Å²) in [4.78, 5) is 36.7. The lowest BCUT2D eigenvalue weighted by atomic mass is 10.2. The Morgan fingerprint density at radius 1 is 1.27 bits per heavy atom. The average Bonchev–Trinajstić information content (AvgIpc) is 3.22. The quantitative estimate of drug-likeness (QED) is 0.873. The van der Waals surface area contributed by atoms with Crippen molar-refractivity contribution < 1.29 is 14.0 Å². The van der Waals surface area contributed by atoms with Gasteiger partial charge in [-0.1, -0.05) is 6.92 Å². The van der Waals surface area contributed by atoms with Gasteiger partial charge in [0.15, 0.2) is 5.76 Å². The third kappa shape index (κ3) is 4.01. The summed E-state index contributed by atoms with van der Waals surface area (Å²) in [6.45, 7) is 6.37. The predicted molar refractivity (Wildman–Crippen MR) is 96.1 cm³/mol. The Labute approximate surface area is 152 Å². The van der Waals surface area contributed by atoms with Crippen molar-refractivity contribution in [2.75, 3.05) is 31.1 Å². The zero-order valence-electron chi connectivity index (χ0n) is 15.0. The SMILES string of the molecule is CCC(C)NC(=O)c1cc(N2CCN(C(=O)c3ccco3)CC2)ncn1. The molecule has 0 bridgehead atoms. The van der Waals surface area contributed by atoms with Crippen molar-refractivity contribution in [1.29, 1.82) is 0 Å². The Hall–Kier alpha value is -2.90. The van der Waals surface area contributed by atoms with E-state index in [2.05, 4.69) is 15.3 Å². The van der Waals surface area contributed by atoms with E-state index in [4.69, 9.17) is 4.42 Å². The van der Waals surface area contributed by atoms with Crippen molar-refractivity contribution in [3.63, 3.8) is 0 Å². The fraction of sp³-hybridized carbons (Fsp3) is 0.444. The Balaban J connectivity index is 1.62. The number of nitrogens with zero attached hydrogens (tertiary/aromatic N) is 4. The summed E-state index contributed by atoms with van der Waals surface area (Å²) in [5.74, 6) is 0.740. The Kier molecular flexibility index (Phi) is 5.50. The van der Waals surface area contributed by atoms with Crippen molar-refractivity contribution >= 4 is 17.6 Å². The number of rotatable bonds is 5.